The lowest BCUT2D eigenvalue weighted by atomic mass is 10.0. The Labute approximate surface area is 165 Å². The highest BCUT2D eigenvalue weighted by atomic mass is 16.3. The maximum absolute atomic E-state index is 5.82. The molecule has 1 saturated heterocycles. The van der Waals surface area contributed by atoms with Gasteiger partial charge in [-0.15, -0.1) is 0 Å². The van der Waals surface area contributed by atoms with E-state index in [9.17, 15) is 0 Å². The van der Waals surface area contributed by atoms with Gasteiger partial charge in [-0.05, 0) is 36.4 Å². The standard InChI is InChI=1S/C24H23N3O/c1-26-11-13-27(14-12-26)21-9-7-18(8-10-21)20-15-23-24(25-16-20)22(17-28-23)19-5-3-2-4-6-19/h2-10,15-17H,11-14H2,1H3. The highest BCUT2D eigenvalue weighted by molar-refractivity contribution is 5.92. The summed E-state index contributed by atoms with van der Waals surface area (Å²) in [5, 5.41) is 0. The Morgan fingerprint density at radius 2 is 1.57 bits per heavy atom. The van der Waals surface area contributed by atoms with Crippen LogP contribution in [0.15, 0.2) is 77.5 Å². The van der Waals surface area contributed by atoms with Crippen LogP contribution in [0.4, 0.5) is 5.69 Å². The van der Waals surface area contributed by atoms with E-state index in [1.165, 1.54) is 5.69 Å². The second-order valence-electron chi connectivity index (χ2n) is 7.42. The van der Waals surface area contributed by atoms with Crippen LogP contribution in [-0.4, -0.2) is 43.1 Å². The quantitative estimate of drug-likeness (QED) is 0.513. The number of hydrogen-bond acceptors (Lipinski definition) is 4. The zero-order valence-corrected chi connectivity index (χ0v) is 16.0. The van der Waals surface area contributed by atoms with Crippen molar-refractivity contribution in [1.82, 2.24) is 9.88 Å². The fraction of sp³-hybridized carbons (Fsp3) is 0.208. The number of nitrogens with zero attached hydrogens (tertiary/aromatic N) is 3. The molecular weight excluding hydrogens is 346 g/mol. The Hall–Kier alpha value is -3.11. The smallest absolute Gasteiger partial charge is 0.153 e. The molecule has 0 unspecified atom stereocenters. The molecule has 1 aliphatic rings. The molecule has 1 fully saturated rings. The largest absolute Gasteiger partial charge is 0.462 e. The van der Waals surface area contributed by atoms with Crippen LogP contribution in [0.3, 0.4) is 0 Å². The summed E-state index contributed by atoms with van der Waals surface area (Å²) >= 11 is 0. The highest BCUT2D eigenvalue weighted by Gasteiger charge is 2.15. The molecule has 2 aromatic heterocycles. The van der Waals surface area contributed by atoms with Gasteiger partial charge in [0.15, 0.2) is 5.58 Å². The van der Waals surface area contributed by atoms with Crippen LogP contribution in [0, 0.1) is 0 Å². The lowest BCUT2D eigenvalue weighted by molar-refractivity contribution is 0.313. The second-order valence-corrected chi connectivity index (χ2v) is 7.42. The predicted octanol–water partition coefficient (Wildman–Crippen LogP) is 4.91. The first kappa shape index (κ1) is 17.0. The summed E-state index contributed by atoms with van der Waals surface area (Å²) in [4.78, 5) is 9.53. The molecule has 0 N–H and O–H groups in total. The van der Waals surface area contributed by atoms with Gasteiger partial charge in [0, 0.05) is 49.2 Å². The molecular formula is C24H23N3O. The van der Waals surface area contributed by atoms with Crippen LogP contribution in [0.5, 0.6) is 0 Å². The fourth-order valence-electron chi connectivity index (χ4n) is 3.82. The van der Waals surface area contributed by atoms with Crippen molar-refractivity contribution in [2.24, 2.45) is 0 Å². The summed E-state index contributed by atoms with van der Waals surface area (Å²) in [6.45, 7) is 4.39. The van der Waals surface area contributed by atoms with Crippen LogP contribution in [0.25, 0.3) is 33.4 Å². The van der Waals surface area contributed by atoms with Crippen LogP contribution >= 0.6 is 0 Å². The number of fused-ring (bicyclic) bond motifs is 1. The Kier molecular flexibility index (Phi) is 4.34. The monoisotopic (exact) mass is 369 g/mol. The van der Waals surface area contributed by atoms with Gasteiger partial charge in [0.05, 0.1) is 0 Å². The minimum absolute atomic E-state index is 0.819. The van der Waals surface area contributed by atoms with Crippen molar-refractivity contribution < 1.29 is 4.42 Å². The van der Waals surface area contributed by atoms with E-state index in [0.717, 1.165) is 59.5 Å². The van der Waals surface area contributed by atoms with E-state index in [2.05, 4.69) is 59.3 Å². The maximum Gasteiger partial charge on any atom is 0.153 e. The zero-order valence-electron chi connectivity index (χ0n) is 16.0. The van der Waals surface area contributed by atoms with Gasteiger partial charge in [0.2, 0.25) is 0 Å². The lowest BCUT2D eigenvalue weighted by Crippen LogP contribution is -2.44. The Balaban J connectivity index is 1.42. The molecule has 0 spiro atoms. The molecule has 0 amide bonds. The van der Waals surface area contributed by atoms with Gasteiger partial charge in [-0.3, -0.25) is 4.98 Å². The van der Waals surface area contributed by atoms with E-state index in [1.54, 1.807) is 6.26 Å². The highest BCUT2D eigenvalue weighted by Crippen LogP contribution is 2.32. The first-order valence-electron chi connectivity index (χ1n) is 9.74. The Bertz CT molecular complexity index is 1080. The average Bonchev–Trinajstić information content (AvgIpc) is 3.18. The lowest BCUT2D eigenvalue weighted by Gasteiger charge is -2.34. The van der Waals surface area contributed by atoms with Crippen LogP contribution in [0.2, 0.25) is 0 Å². The van der Waals surface area contributed by atoms with Gasteiger partial charge in [0.25, 0.3) is 0 Å². The van der Waals surface area contributed by atoms with Gasteiger partial charge in [-0.2, -0.15) is 0 Å². The molecule has 0 saturated carbocycles. The molecule has 140 valence electrons. The molecule has 0 radical (unpaired) electrons. The summed E-state index contributed by atoms with van der Waals surface area (Å²) in [5.41, 5.74) is 7.40. The SMILES string of the molecule is CN1CCN(c2ccc(-c3cnc4c(-c5ccccc5)coc4c3)cc2)CC1. The van der Waals surface area contributed by atoms with Crippen molar-refractivity contribution in [3.05, 3.63) is 73.1 Å². The third-order valence-electron chi connectivity index (χ3n) is 5.57. The van der Waals surface area contributed by atoms with Crippen molar-refractivity contribution in [3.8, 4) is 22.3 Å². The molecule has 28 heavy (non-hydrogen) atoms. The Morgan fingerprint density at radius 1 is 0.821 bits per heavy atom. The van der Waals surface area contributed by atoms with E-state index in [0.29, 0.717) is 0 Å². The second kappa shape index (κ2) is 7.13. The van der Waals surface area contributed by atoms with Crippen LogP contribution < -0.4 is 4.90 Å². The van der Waals surface area contributed by atoms with Gasteiger partial charge < -0.3 is 14.2 Å². The predicted molar refractivity (Wildman–Crippen MR) is 115 cm³/mol. The zero-order chi connectivity index (χ0) is 18.9. The number of benzene rings is 2. The normalized spacial score (nSPS) is 15.2. The molecule has 4 nitrogen and oxygen atoms in total. The molecule has 2 aromatic carbocycles. The van der Waals surface area contributed by atoms with Gasteiger partial charge in [-0.25, -0.2) is 0 Å². The molecule has 0 aliphatic carbocycles. The van der Waals surface area contributed by atoms with E-state index in [1.807, 2.05) is 24.4 Å². The van der Waals surface area contributed by atoms with E-state index >= 15 is 0 Å². The summed E-state index contributed by atoms with van der Waals surface area (Å²) in [7, 11) is 2.18. The Morgan fingerprint density at radius 3 is 2.32 bits per heavy atom. The fourth-order valence-corrected chi connectivity index (χ4v) is 3.82. The van der Waals surface area contributed by atoms with Crippen LogP contribution in [-0.2, 0) is 0 Å². The average molecular weight is 369 g/mol. The third-order valence-corrected chi connectivity index (χ3v) is 5.57. The first-order chi connectivity index (χ1) is 13.8. The summed E-state index contributed by atoms with van der Waals surface area (Å²) in [6.07, 6.45) is 3.74. The van der Waals surface area contributed by atoms with Crippen molar-refractivity contribution >= 4 is 16.8 Å². The first-order valence-corrected chi connectivity index (χ1v) is 9.74. The van der Waals surface area contributed by atoms with Crippen molar-refractivity contribution in [3.63, 3.8) is 0 Å². The van der Waals surface area contributed by atoms with E-state index in [4.69, 9.17) is 9.40 Å². The van der Waals surface area contributed by atoms with Crippen molar-refractivity contribution in [2.75, 3.05) is 38.1 Å². The number of anilines is 1. The van der Waals surface area contributed by atoms with Gasteiger partial charge in [-0.1, -0.05) is 42.5 Å². The topological polar surface area (TPSA) is 32.5 Å². The molecule has 5 rings (SSSR count). The molecule has 1 aliphatic heterocycles. The number of likely N-dealkylation sites (N-methyl/N-ethyl adjacent to an activating group) is 1. The summed E-state index contributed by atoms with van der Waals surface area (Å²) in [6, 6.07) is 21.1. The molecule has 0 bridgehead atoms. The molecule has 3 heterocycles. The summed E-state index contributed by atoms with van der Waals surface area (Å²) < 4.78 is 5.82. The van der Waals surface area contributed by atoms with E-state index in [-0.39, 0.29) is 0 Å². The van der Waals surface area contributed by atoms with Gasteiger partial charge in [0.1, 0.15) is 11.8 Å². The van der Waals surface area contributed by atoms with Crippen molar-refractivity contribution in [1.29, 1.82) is 0 Å². The number of furan rings is 1. The minimum atomic E-state index is 0.819. The molecule has 0 atom stereocenters. The van der Waals surface area contributed by atoms with Gasteiger partial charge >= 0.3 is 0 Å². The molecule has 4 aromatic rings. The number of aromatic nitrogens is 1. The summed E-state index contributed by atoms with van der Waals surface area (Å²) in [5.74, 6) is 0. The third kappa shape index (κ3) is 3.16. The molecule has 4 heteroatoms. The maximum atomic E-state index is 5.82. The van der Waals surface area contributed by atoms with Crippen LogP contribution in [0.1, 0.15) is 0 Å². The van der Waals surface area contributed by atoms with Crippen molar-refractivity contribution in [2.45, 2.75) is 0 Å². The number of piperazine rings is 1. The van der Waals surface area contributed by atoms with E-state index < -0.39 is 0 Å². The minimum Gasteiger partial charge on any atom is -0.462 e. The number of rotatable bonds is 3. The number of hydrogen-bond donors (Lipinski definition) is 0. The number of pyridine rings is 1.